The Hall–Kier alpha value is -1.73. The number of hydrogen-bond donors (Lipinski definition) is 2. The number of aromatic amines is 1. The first-order chi connectivity index (χ1) is 10.2. The Morgan fingerprint density at radius 1 is 1.43 bits per heavy atom. The lowest BCUT2D eigenvalue weighted by atomic mass is 10.3. The normalized spacial score (nSPS) is 10.3. The molecule has 0 unspecified atom stereocenters. The SMILES string of the molecule is C=CCSc1ccccc1NC(=O)CSc1n[nH]c(C)n1. The molecule has 0 aliphatic carbocycles. The monoisotopic (exact) mass is 320 g/mol. The molecule has 0 spiro atoms. The first-order valence-corrected chi connectivity index (χ1v) is 8.30. The molecule has 5 nitrogen and oxygen atoms in total. The molecule has 0 aliphatic rings. The number of thioether (sulfide) groups is 2. The van der Waals surface area contributed by atoms with Gasteiger partial charge in [0.1, 0.15) is 5.82 Å². The van der Waals surface area contributed by atoms with Gasteiger partial charge in [-0.15, -0.1) is 23.4 Å². The fourth-order valence-corrected chi connectivity index (χ4v) is 2.94. The molecule has 0 aliphatic heterocycles. The van der Waals surface area contributed by atoms with Gasteiger partial charge in [0.2, 0.25) is 11.1 Å². The summed E-state index contributed by atoms with van der Waals surface area (Å²) in [5.41, 5.74) is 0.820. The number of hydrogen-bond acceptors (Lipinski definition) is 5. The molecular weight excluding hydrogens is 304 g/mol. The van der Waals surface area contributed by atoms with Crippen LogP contribution in [0.15, 0.2) is 47.0 Å². The number of amides is 1. The molecule has 0 saturated carbocycles. The van der Waals surface area contributed by atoms with E-state index in [2.05, 4.69) is 27.1 Å². The fourth-order valence-electron chi connectivity index (χ4n) is 1.55. The summed E-state index contributed by atoms with van der Waals surface area (Å²) in [5.74, 6) is 1.74. The molecule has 0 radical (unpaired) electrons. The molecule has 0 saturated heterocycles. The van der Waals surface area contributed by atoms with Crippen LogP contribution in [0.2, 0.25) is 0 Å². The number of rotatable bonds is 7. The van der Waals surface area contributed by atoms with E-state index in [0.29, 0.717) is 5.16 Å². The van der Waals surface area contributed by atoms with Gasteiger partial charge in [0.25, 0.3) is 0 Å². The summed E-state index contributed by atoms with van der Waals surface area (Å²) >= 11 is 2.94. The van der Waals surface area contributed by atoms with Crippen LogP contribution in [0.5, 0.6) is 0 Å². The largest absolute Gasteiger partial charge is 0.324 e. The Balaban J connectivity index is 1.91. The van der Waals surface area contributed by atoms with E-state index in [9.17, 15) is 4.79 Å². The maximum absolute atomic E-state index is 12.0. The fraction of sp³-hybridized carbons (Fsp3) is 0.214. The smallest absolute Gasteiger partial charge is 0.234 e. The number of carbonyl (C=O) groups excluding carboxylic acids is 1. The van der Waals surface area contributed by atoms with Crippen LogP contribution < -0.4 is 5.32 Å². The van der Waals surface area contributed by atoms with E-state index in [1.807, 2.05) is 37.3 Å². The molecule has 0 fully saturated rings. The Labute approximate surface area is 132 Å². The number of aryl methyl sites for hydroxylation is 1. The molecule has 1 amide bonds. The molecule has 2 aromatic rings. The lowest BCUT2D eigenvalue weighted by Gasteiger charge is -2.09. The number of para-hydroxylation sites is 1. The third-order valence-electron chi connectivity index (χ3n) is 2.43. The summed E-state index contributed by atoms with van der Waals surface area (Å²) in [6.45, 7) is 5.53. The topological polar surface area (TPSA) is 70.7 Å². The van der Waals surface area contributed by atoms with Crippen molar-refractivity contribution >= 4 is 35.1 Å². The second kappa shape index (κ2) is 7.90. The van der Waals surface area contributed by atoms with E-state index in [1.54, 1.807) is 11.8 Å². The van der Waals surface area contributed by atoms with E-state index < -0.39 is 0 Å². The quantitative estimate of drug-likeness (QED) is 0.606. The Bertz CT molecular complexity index is 627. The minimum absolute atomic E-state index is 0.0749. The lowest BCUT2D eigenvalue weighted by Crippen LogP contribution is -2.14. The van der Waals surface area contributed by atoms with Crippen LogP contribution in [0.4, 0.5) is 5.69 Å². The summed E-state index contributed by atoms with van der Waals surface area (Å²) < 4.78 is 0. The van der Waals surface area contributed by atoms with E-state index in [1.165, 1.54) is 11.8 Å². The highest BCUT2D eigenvalue weighted by molar-refractivity contribution is 8.00. The van der Waals surface area contributed by atoms with Gasteiger partial charge in [-0.1, -0.05) is 30.0 Å². The number of benzene rings is 1. The van der Waals surface area contributed by atoms with E-state index in [0.717, 1.165) is 22.2 Å². The van der Waals surface area contributed by atoms with Crippen molar-refractivity contribution in [3.05, 3.63) is 42.7 Å². The number of carbonyl (C=O) groups is 1. The maximum atomic E-state index is 12.0. The first-order valence-electron chi connectivity index (χ1n) is 6.33. The number of nitrogens with zero attached hydrogens (tertiary/aromatic N) is 2. The van der Waals surface area contributed by atoms with E-state index in [-0.39, 0.29) is 11.7 Å². The average molecular weight is 320 g/mol. The molecule has 110 valence electrons. The second-order valence-corrected chi connectivity index (χ2v) is 6.14. The van der Waals surface area contributed by atoms with Crippen molar-refractivity contribution in [2.24, 2.45) is 0 Å². The minimum Gasteiger partial charge on any atom is -0.324 e. The van der Waals surface area contributed by atoms with Crippen molar-refractivity contribution in [2.75, 3.05) is 16.8 Å². The van der Waals surface area contributed by atoms with Crippen molar-refractivity contribution in [1.82, 2.24) is 15.2 Å². The first kappa shape index (κ1) is 15.7. The standard InChI is InChI=1S/C14H16N4OS2/c1-3-8-20-12-7-5-4-6-11(12)16-13(19)9-21-14-15-10(2)17-18-14/h3-7H,1,8-9H2,2H3,(H,16,19)(H,15,17,18). The number of aromatic nitrogens is 3. The highest BCUT2D eigenvalue weighted by atomic mass is 32.2. The van der Waals surface area contributed by atoms with Gasteiger partial charge in [-0.2, -0.15) is 0 Å². The van der Waals surface area contributed by atoms with Gasteiger partial charge in [-0.25, -0.2) is 4.98 Å². The summed E-state index contributed by atoms with van der Waals surface area (Å²) in [7, 11) is 0. The van der Waals surface area contributed by atoms with Gasteiger partial charge < -0.3 is 5.32 Å². The zero-order valence-corrected chi connectivity index (χ0v) is 13.3. The van der Waals surface area contributed by atoms with E-state index >= 15 is 0 Å². The number of nitrogens with one attached hydrogen (secondary N) is 2. The summed E-state index contributed by atoms with van der Waals surface area (Å²) in [4.78, 5) is 17.2. The van der Waals surface area contributed by atoms with Crippen LogP contribution in [0.25, 0.3) is 0 Å². The summed E-state index contributed by atoms with van der Waals surface area (Å²) in [6.07, 6.45) is 1.84. The number of anilines is 1. The van der Waals surface area contributed by atoms with Gasteiger partial charge in [0, 0.05) is 10.6 Å². The molecule has 0 bridgehead atoms. The number of H-pyrrole nitrogens is 1. The molecule has 7 heteroatoms. The molecule has 1 heterocycles. The lowest BCUT2D eigenvalue weighted by molar-refractivity contribution is -0.113. The van der Waals surface area contributed by atoms with Crippen molar-refractivity contribution in [1.29, 1.82) is 0 Å². The van der Waals surface area contributed by atoms with Crippen molar-refractivity contribution < 1.29 is 4.79 Å². The van der Waals surface area contributed by atoms with Gasteiger partial charge in [0.05, 0.1) is 11.4 Å². The van der Waals surface area contributed by atoms with Crippen molar-refractivity contribution in [3.8, 4) is 0 Å². The third-order valence-corrected chi connectivity index (χ3v) is 4.34. The predicted molar refractivity (Wildman–Crippen MR) is 87.8 cm³/mol. The van der Waals surface area contributed by atoms with Crippen LogP contribution in [0, 0.1) is 6.92 Å². The van der Waals surface area contributed by atoms with Gasteiger partial charge in [0.15, 0.2) is 0 Å². The van der Waals surface area contributed by atoms with Crippen LogP contribution in [0.1, 0.15) is 5.82 Å². The molecule has 2 rings (SSSR count). The van der Waals surface area contributed by atoms with Gasteiger partial charge in [-0.3, -0.25) is 9.89 Å². The summed E-state index contributed by atoms with van der Waals surface area (Å²) in [6, 6.07) is 7.73. The second-order valence-electron chi connectivity index (χ2n) is 4.14. The Kier molecular flexibility index (Phi) is 5.89. The Morgan fingerprint density at radius 3 is 2.95 bits per heavy atom. The summed E-state index contributed by atoms with van der Waals surface area (Å²) in [5, 5.41) is 10.2. The molecule has 1 aromatic carbocycles. The zero-order chi connectivity index (χ0) is 15.1. The third kappa shape index (κ3) is 4.95. The van der Waals surface area contributed by atoms with E-state index in [4.69, 9.17) is 0 Å². The Morgan fingerprint density at radius 2 is 2.24 bits per heavy atom. The average Bonchev–Trinajstić information content (AvgIpc) is 2.90. The molecule has 1 aromatic heterocycles. The van der Waals surface area contributed by atoms with Crippen LogP contribution in [0.3, 0.4) is 0 Å². The highest BCUT2D eigenvalue weighted by Gasteiger charge is 2.09. The van der Waals surface area contributed by atoms with Crippen LogP contribution in [-0.4, -0.2) is 32.6 Å². The molecule has 2 N–H and O–H groups in total. The van der Waals surface area contributed by atoms with Gasteiger partial charge in [-0.05, 0) is 19.1 Å². The van der Waals surface area contributed by atoms with Crippen molar-refractivity contribution in [3.63, 3.8) is 0 Å². The molecule has 21 heavy (non-hydrogen) atoms. The predicted octanol–water partition coefficient (Wildman–Crippen LogP) is 3.12. The minimum atomic E-state index is -0.0749. The van der Waals surface area contributed by atoms with Crippen LogP contribution >= 0.6 is 23.5 Å². The highest BCUT2D eigenvalue weighted by Crippen LogP contribution is 2.27. The molecule has 0 atom stereocenters. The maximum Gasteiger partial charge on any atom is 0.234 e. The molecular formula is C14H16N4OS2. The van der Waals surface area contributed by atoms with Crippen molar-refractivity contribution in [2.45, 2.75) is 17.0 Å². The van der Waals surface area contributed by atoms with Gasteiger partial charge >= 0.3 is 0 Å². The van der Waals surface area contributed by atoms with Crippen LogP contribution in [-0.2, 0) is 4.79 Å². The zero-order valence-electron chi connectivity index (χ0n) is 11.6.